The number of carbonyl (C=O) groups is 3. The Hall–Kier alpha value is -2.63. The summed E-state index contributed by atoms with van der Waals surface area (Å²) in [6, 6.07) is 6.43. The van der Waals surface area contributed by atoms with E-state index in [1.54, 1.807) is 18.2 Å². The number of aromatic hydroxyl groups is 1. The van der Waals surface area contributed by atoms with Gasteiger partial charge in [0.25, 0.3) is 0 Å². The van der Waals surface area contributed by atoms with Crippen LogP contribution in [0, 0.1) is 51.8 Å². The summed E-state index contributed by atoms with van der Waals surface area (Å²) in [5.41, 5.74) is 0.366. The van der Waals surface area contributed by atoms with E-state index in [9.17, 15) is 24.6 Å². The number of amides is 2. The minimum absolute atomic E-state index is 0.00535. The zero-order valence-corrected chi connectivity index (χ0v) is 21.7. The summed E-state index contributed by atoms with van der Waals surface area (Å²) < 4.78 is 0. The van der Waals surface area contributed by atoms with Crippen LogP contribution in [0.4, 0.5) is 5.69 Å². The molecular weight excluding hydrogens is 454 g/mol. The number of phenols is 1. The Labute approximate surface area is 212 Å². The lowest BCUT2D eigenvalue weighted by molar-refractivity contribution is -0.194. The van der Waals surface area contributed by atoms with E-state index in [1.165, 1.54) is 16.5 Å². The first-order valence-corrected chi connectivity index (χ1v) is 13.6. The second kappa shape index (κ2) is 7.45. The summed E-state index contributed by atoms with van der Waals surface area (Å²) in [5, 5.41) is 20.3. The van der Waals surface area contributed by atoms with E-state index in [0.29, 0.717) is 12.1 Å². The number of anilines is 1. The van der Waals surface area contributed by atoms with Gasteiger partial charge in [-0.3, -0.25) is 14.4 Å². The smallest absolute Gasteiger partial charge is 0.309 e. The van der Waals surface area contributed by atoms with Crippen LogP contribution in [0.3, 0.4) is 0 Å². The highest BCUT2D eigenvalue weighted by atomic mass is 16.4. The molecule has 6 aliphatic rings. The Morgan fingerprint density at radius 1 is 1.08 bits per heavy atom. The molecule has 192 valence electrons. The fraction of sp³-hybridized carbons (Fsp3) is 0.633. The highest BCUT2D eigenvalue weighted by Gasteiger charge is 2.73. The monoisotopic (exact) mass is 491 g/mol. The van der Waals surface area contributed by atoms with Gasteiger partial charge in [0.2, 0.25) is 11.8 Å². The van der Waals surface area contributed by atoms with Crippen LogP contribution in [0.1, 0.15) is 66.2 Å². The number of carboxylic acid groups (broad SMARTS) is 1. The van der Waals surface area contributed by atoms with Crippen LogP contribution in [0.5, 0.6) is 5.75 Å². The maximum atomic E-state index is 14.2. The first-order valence-electron chi connectivity index (χ1n) is 13.6. The molecule has 1 aromatic carbocycles. The molecule has 0 aromatic heterocycles. The highest BCUT2D eigenvalue weighted by Crippen LogP contribution is 2.74. The molecule has 1 spiro atoms. The zero-order chi connectivity index (χ0) is 25.8. The Morgan fingerprint density at radius 3 is 2.50 bits per heavy atom. The van der Waals surface area contributed by atoms with Crippen LogP contribution in [-0.2, 0) is 14.4 Å². The average Bonchev–Trinajstić information content (AvgIpc) is 3.10. The predicted molar refractivity (Wildman–Crippen MR) is 135 cm³/mol. The molecule has 6 heteroatoms. The Kier molecular flexibility index (Phi) is 4.92. The van der Waals surface area contributed by atoms with E-state index in [0.717, 1.165) is 32.1 Å². The van der Waals surface area contributed by atoms with Crippen LogP contribution < -0.4 is 4.90 Å². The van der Waals surface area contributed by atoms with Crippen molar-refractivity contribution in [1.82, 2.24) is 0 Å². The third-order valence-electron chi connectivity index (χ3n) is 11.2. The third kappa shape index (κ3) is 2.76. The van der Waals surface area contributed by atoms with E-state index in [2.05, 4.69) is 26.8 Å². The number of hydrogen-bond donors (Lipinski definition) is 2. The Bertz CT molecular complexity index is 1200. The van der Waals surface area contributed by atoms with Crippen LogP contribution >= 0.6 is 0 Å². The van der Waals surface area contributed by atoms with E-state index in [4.69, 9.17) is 0 Å². The van der Waals surface area contributed by atoms with Crippen molar-refractivity contribution in [3.05, 3.63) is 35.9 Å². The van der Waals surface area contributed by atoms with Gasteiger partial charge in [0.15, 0.2) is 0 Å². The molecule has 3 saturated carbocycles. The fourth-order valence-corrected chi connectivity index (χ4v) is 9.84. The molecule has 7 rings (SSSR count). The van der Waals surface area contributed by atoms with Crippen molar-refractivity contribution in [2.24, 2.45) is 51.8 Å². The number of benzene rings is 1. The molecule has 0 unspecified atom stereocenters. The van der Waals surface area contributed by atoms with E-state index in [1.807, 2.05) is 6.92 Å². The second-order valence-corrected chi connectivity index (χ2v) is 13.0. The van der Waals surface area contributed by atoms with Gasteiger partial charge in [0, 0.05) is 11.5 Å². The SMILES string of the molecule is CC(C)C1=C[C@@]23CC[C@@H]4[C@@](C)(CCC[C@]4(C)C(=O)O)[C@@H]2C[C@@H]1[C@@H]1C(=O)N(c2cccc(O)c2)C(=O)[C@@H]13. The highest BCUT2D eigenvalue weighted by molar-refractivity contribution is 6.23. The van der Waals surface area contributed by atoms with Gasteiger partial charge in [-0.1, -0.05) is 44.9 Å². The summed E-state index contributed by atoms with van der Waals surface area (Å²) in [6.45, 7) is 8.58. The lowest BCUT2D eigenvalue weighted by atomic mass is 9.34. The molecule has 6 nitrogen and oxygen atoms in total. The molecule has 2 amide bonds. The summed E-state index contributed by atoms with van der Waals surface area (Å²) in [6.07, 6.45) is 7.30. The van der Waals surface area contributed by atoms with Gasteiger partial charge >= 0.3 is 5.97 Å². The summed E-state index contributed by atoms with van der Waals surface area (Å²) in [5.74, 6) is -1.24. The normalized spacial score (nSPS) is 43.2. The predicted octanol–water partition coefficient (Wildman–Crippen LogP) is 5.41. The van der Waals surface area contributed by atoms with Crippen molar-refractivity contribution in [3.8, 4) is 5.75 Å². The fourth-order valence-electron chi connectivity index (χ4n) is 9.84. The van der Waals surface area contributed by atoms with Gasteiger partial charge in [-0.2, -0.15) is 0 Å². The number of phenolic OH excluding ortho intramolecular Hbond substituents is 1. The molecule has 4 fully saturated rings. The number of allylic oxidation sites excluding steroid dienone is 2. The molecule has 5 aliphatic carbocycles. The quantitative estimate of drug-likeness (QED) is 0.436. The van der Waals surface area contributed by atoms with E-state index < -0.39 is 22.7 Å². The first-order chi connectivity index (χ1) is 17.0. The minimum atomic E-state index is -0.752. The van der Waals surface area contributed by atoms with E-state index in [-0.39, 0.29) is 52.6 Å². The van der Waals surface area contributed by atoms with Gasteiger partial charge in [-0.05, 0) is 80.2 Å². The van der Waals surface area contributed by atoms with Crippen molar-refractivity contribution in [3.63, 3.8) is 0 Å². The number of fused-ring (bicyclic) bond motifs is 1. The molecule has 1 aliphatic heterocycles. The zero-order valence-electron chi connectivity index (χ0n) is 21.7. The molecule has 1 heterocycles. The lowest BCUT2D eigenvalue weighted by Crippen LogP contribution is -2.65. The second-order valence-electron chi connectivity index (χ2n) is 13.0. The molecule has 8 atom stereocenters. The number of aliphatic carboxylic acids is 1. The Morgan fingerprint density at radius 2 is 1.83 bits per heavy atom. The third-order valence-corrected chi connectivity index (χ3v) is 11.2. The summed E-state index contributed by atoms with van der Waals surface area (Å²) in [7, 11) is 0. The maximum Gasteiger partial charge on any atom is 0.309 e. The number of rotatable bonds is 3. The summed E-state index contributed by atoms with van der Waals surface area (Å²) >= 11 is 0. The van der Waals surface area contributed by atoms with Crippen molar-refractivity contribution in [2.45, 2.75) is 66.2 Å². The van der Waals surface area contributed by atoms with Gasteiger partial charge in [-0.15, -0.1) is 0 Å². The molecular formula is C30H37NO5. The Balaban J connectivity index is 1.50. The average molecular weight is 492 g/mol. The standard InChI is InChI=1S/C30H37NO5/c1-16(2)20-15-30-12-9-21-28(3,10-6-11-29(21,4)27(35)36)22(30)14-19(20)23-24(30)26(34)31(25(23)33)17-7-5-8-18(32)13-17/h5,7-8,13,15-16,19,21-24,32H,6,9-12,14H2,1-4H3,(H,35,36)/t19-,21+,22-,23-,24+,28+,29-,30-/m0/s1. The number of carboxylic acids is 1. The van der Waals surface area contributed by atoms with Crippen LogP contribution in [0.2, 0.25) is 0 Å². The van der Waals surface area contributed by atoms with Crippen molar-refractivity contribution in [2.75, 3.05) is 4.90 Å². The number of carbonyl (C=O) groups excluding carboxylic acids is 2. The van der Waals surface area contributed by atoms with Crippen molar-refractivity contribution < 1.29 is 24.6 Å². The number of nitrogens with zero attached hydrogens (tertiary/aromatic N) is 1. The molecule has 2 bridgehead atoms. The topological polar surface area (TPSA) is 94.9 Å². The van der Waals surface area contributed by atoms with Gasteiger partial charge in [-0.25, -0.2) is 4.90 Å². The maximum absolute atomic E-state index is 14.2. The molecule has 1 saturated heterocycles. The van der Waals surface area contributed by atoms with Crippen LogP contribution in [-0.4, -0.2) is 28.0 Å². The van der Waals surface area contributed by atoms with Crippen molar-refractivity contribution in [1.29, 1.82) is 0 Å². The first kappa shape index (κ1) is 23.7. The minimum Gasteiger partial charge on any atom is -0.508 e. The molecule has 2 N–H and O–H groups in total. The van der Waals surface area contributed by atoms with Gasteiger partial charge in [0.05, 0.1) is 22.9 Å². The molecule has 0 radical (unpaired) electrons. The molecule has 1 aromatic rings. The lowest BCUT2D eigenvalue weighted by Gasteiger charge is -2.68. The number of hydrogen-bond acceptors (Lipinski definition) is 4. The summed E-state index contributed by atoms with van der Waals surface area (Å²) in [4.78, 5) is 42.0. The molecule has 36 heavy (non-hydrogen) atoms. The van der Waals surface area contributed by atoms with Gasteiger partial charge < -0.3 is 10.2 Å². The van der Waals surface area contributed by atoms with Crippen LogP contribution in [0.25, 0.3) is 0 Å². The van der Waals surface area contributed by atoms with E-state index >= 15 is 0 Å². The van der Waals surface area contributed by atoms with Crippen LogP contribution in [0.15, 0.2) is 35.9 Å². The number of imide groups is 1. The van der Waals surface area contributed by atoms with Crippen molar-refractivity contribution >= 4 is 23.5 Å². The largest absolute Gasteiger partial charge is 0.508 e. The van der Waals surface area contributed by atoms with Gasteiger partial charge in [0.1, 0.15) is 5.75 Å².